The van der Waals surface area contributed by atoms with Gasteiger partial charge in [0.2, 0.25) is 0 Å². The predicted octanol–water partition coefficient (Wildman–Crippen LogP) is -1.30. The van der Waals surface area contributed by atoms with Crippen LogP contribution in [0.4, 0.5) is 0 Å². The minimum absolute atomic E-state index is 0.777. The van der Waals surface area contributed by atoms with Crippen molar-refractivity contribution in [3.05, 3.63) is 0 Å². The van der Waals surface area contributed by atoms with E-state index in [0.717, 1.165) is 39.3 Å². The summed E-state index contributed by atoms with van der Waals surface area (Å²) in [7, 11) is 1.97. The summed E-state index contributed by atoms with van der Waals surface area (Å²) in [5, 5.41) is 2.23. The van der Waals surface area contributed by atoms with Gasteiger partial charge in [0.05, 0.1) is 0 Å². The minimum atomic E-state index is 0.777. The number of nitrogens with two attached hydrogens (primary N) is 1. The highest BCUT2D eigenvalue weighted by molar-refractivity contribution is 4.68. The Bertz CT molecular complexity index is 98.6. The number of hydrogen-bond acceptors (Lipinski definition) is 4. The summed E-state index contributed by atoms with van der Waals surface area (Å²) in [5.41, 5.74) is 8.60. The Labute approximate surface area is 68.3 Å². The summed E-state index contributed by atoms with van der Waals surface area (Å²) >= 11 is 0. The molecule has 0 radical (unpaired) electrons. The molecule has 1 heterocycles. The summed E-state index contributed by atoms with van der Waals surface area (Å²) in [4.78, 5) is 2.40. The first-order valence-corrected chi connectivity index (χ1v) is 4.21. The lowest BCUT2D eigenvalue weighted by molar-refractivity contribution is 0.101. The van der Waals surface area contributed by atoms with Gasteiger partial charge in [0.1, 0.15) is 0 Å². The van der Waals surface area contributed by atoms with E-state index in [1.54, 1.807) is 0 Å². The number of nitrogens with zero attached hydrogens (tertiary/aromatic N) is 2. The molecule has 1 aliphatic rings. The van der Waals surface area contributed by atoms with E-state index in [9.17, 15) is 0 Å². The summed E-state index contributed by atoms with van der Waals surface area (Å²) < 4.78 is 0. The van der Waals surface area contributed by atoms with Crippen molar-refractivity contribution in [1.29, 1.82) is 0 Å². The zero-order chi connectivity index (χ0) is 8.10. The van der Waals surface area contributed by atoms with Crippen LogP contribution in [0.1, 0.15) is 0 Å². The molecule has 1 aliphatic heterocycles. The minimum Gasteiger partial charge on any atom is -0.329 e. The van der Waals surface area contributed by atoms with Crippen LogP contribution in [-0.2, 0) is 0 Å². The molecule has 0 amide bonds. The van der Waals surface area contributed by atoms with Crippen LogP contribution in [0.3, 0.4) is 0 Å². The summed E-state index contributed by atoms with van der Waals surface area (Å²) in [6.07, 6.45) is 0. The molecular formula is C7H18N4. The number of rotatable bonds is 3. The monoisotopic (exact) mass is 158 g/mol. The lowest BCUT2D eigenvalue weighted by Crippen LogP contribution is -2.51. The molecule has 0 atom stereocenters. The Morgan fingerprint density at radius 1 is 1.27 bits per heavy atom. The van der Waals surface area contributed by atoms with E-state index < -0.39 is 0 Å². The second-order valence-corrected chi connectivity index (χ2v) is 2.84. The molecular weight excluding hydrogens is 140 g/mol. The smallest absolute Gasteiger partial charge is 0.0259 e. The first-order chi connectivity index (χ1) is 5.36. The molecule has 0 bridgehead atoms. The average Bonchev–Trinajstić information content (AvgIpc) is 2.07. The van der Waals surface area contributed by atoms with Crippen molar-refractivity contribution in [2.24, 2.45) is 5.73 Å². The molecule has 1 rings (SSSR count). The Hall–Kier alpha value is -0.160. The quantitative estimate of drug-likeness (QED) is 0.536. The highest BCUT2D eigenvalue weighted by atomic mass is 15.5. The topological polar surface area (TPSA) is 44.5 Å². The normalized spacial score (nSPS) is 22.4. The zero-order valence-electron chi connectivity index (χ0n) is 7.21. The van der Waals surface area contributed by atoms with Gasteiger partial charge < -0.3 is 5.73 Å². The third kappa shape index (κ3) is 2.75. The van der Waals surface area contributed by atoms with Gasteiger partial charge in [0, 0.05) is 39.3 Å². The van der Waals surface area contributed by atoms with E-state index in [1.807, 2.05) is 7.05 Å². The van der Waals surface area contributed by atoms with Crippen LogP contribution in [-0.4, -0.2) is 56.2 Å². The van der Waals surface area contributed by atoms with E-state index in [0.29, 0.717) is 0 Å². The van der Waals surface area contributed by atoms with Crippen molar-refractivity contribution in [3.8, 4) is 0 Å². The summed E-state index contributed by atoms with van der Waals surface area (Å²) in [6, 6.07) is 0. The Balaban J connectivity index is 2.14. The van der Waals surface area contributed by atoms with Crippen molar-refractivity contribution in [1.82, 2.24) is 15.3 Å². The van der Waals surface area contributed by atoms with Gasteiger partial charge in [-0.05, 0) is 7.05 Å². The average molecular weight is 158 g/mol. The third-order valence-corrected chi connectivity index (χ3v) is 2.13. The van der Waals surface area contributed by atoms with Crippen molar-refractivity contribution in [3.63, 3.8) is 0 Å². The molecule has 0 spiro atoms. The second kappa shape index (κ2) is 4.66. The van der Waals surface area contributed by atoms with Gasteiger partial charge in [-0.15, -0.1) is 0 Å². The number of nitrogens with one attached hydrogen (secondary N) is 1. The number of hydrogen-bond donors (Lipinski definition) is 2. The second-order valence-electron chi connectivity index (χ2n) is 2.84. The maximum atomic E-state index is 5.46. The molecule has 3 N–H and O–H groups in total. The van der Waals surface area contributed by atoms with Crippen LogP contribution in [0.2, 0.25) is 0 Å². The molecule has 0 unspecified atom stereocenters. The van der Waals surface area contributed by atoms with E-state index in [2.05, 4.69) is 15.3 Å². The number of piperazine rings is 1. The molecule has 11 heavy (non-hydrogen) atoms. The molecule has 4 nitrogen and oxygen atoms in total. The molecule has 0 aliphatic carbocycles. The van der Waals surface area contributed by atoms with E-state index in [1.165, 1.54) is 0 Å². The molecule has 4 heteroatoms. The fraction of sp³-hybridized carbons (Fsp3) is 1.00. The first kappa shape index (κ1) is 8.93. The van der Waals surface area contributed by atoms with E-state index in [-0.39, 0.29) is 0 Å². The van der Waals surface area contributed by atoms with E-state index >= 15 is 0 Å². The Morgan fingerprint density at radius 2 is 1.91 bits per heavy atom. The zero-order valence-corrected chi connectivity index (χ0v) is 7.21. The van der Waals surface area contributed by atoms with Gasteiger partial charge in [0.15, 0.2) is 0 Å². The van der Waals surface area contributed by atoms with Crippen LogP contribution >= 0.6 is 0 Å². The van der Waals surface area contributed by atoms with Gasteiger partial charge in [-0.3, -0.25) is 10.3 Å². The van der Waals surface area contributed by atoms with Gasteiger partial charge in [0.25, 0.3) is 0 Å². The maximum absolute atomic E-state index is 5.46. The van der Waals surface area contributed by atoms with Crippen LogP contribution in [0.25, 0.3) is 0 Å². The van der Waals surface area contributed by atoms with Gasteiger partial charge in [-0.25, -0.2) is 5.01 Å². The van der Waals surface area contributed by atoms with Crippen molar-refractivity contribution < 1.29 is 0 Å². The Kier molecular flexibility index (Phi) is 3.79. The van der Waals surface area contributed by atoms with Gasteiger partial charge in [-0.1, -0.05) is 0 Å². The molecule has 0 saturated carbocycles. The maximum Gasteiger partial charge on any atom is 0.0259 e. The first-order valence-electron chi connectivity index (χ1n) is 4.21. The Morgan fingerprint density at radius 3 is 2.36 bits per heavy atom. The molecule has 0 aromatic carbocycles. The van der Waals surface area contributed by atoms with Crippen LogP contribution in [0, 0.1) is 0 Å². The third-order valence-electron chi connectivity index (χ3n) is 2.13. The van der Waals surface area contributed by atoms with Crippen molar-refractivity contribution >= 4 is 0 Å². The largest absolute Gasteiger partial charge is 0.329 e. The molecule has 0 aromatic heterocycles. The molecule has 66 valence electrons. The predicted molar refractivity (Wildman–Crippen MR) is 46.1 cm³/mol. The molecule has 1 fully saturated rings. The van der Waals surface area contributed by atoms with Crippen molar-refractivity contribution in [2.45, 2.75) is 0 Å². The lowest BCUT2D eigenvalue weighted by atomic mass is 10.3. The molecule has 0 aromatic rings. The fourth-order valence-corrected chi connectivity index (χ4v) is 1.38. The number of hydrazine groups is 1. The van der Waals surface area contributed by atoms with Crippen LogP contribution < -0.4 is 11.2 Å². The van der Waals surface area contributed by atoms with E-state index in [4.69, 9.17) is 5.73 Å². The summed E-state index contributed by atoms with van der Waals surface area (Å²) in [5.74, 6) is 0. The highest BCUT2D eigenvalue weighted by Crippen LogP contribution is 1.96. The van der Waals surface area contributed by atoms with Crippen LogP contribution in [0.5, 0.6) is 0 Å². The lowest BCUT2D eigenvalue weighted by Gasteiger charge is -2.33. The highest BCUT2D eigenvalue weighted by Gasteiger charge is 2.13. The summed E-state index contributed by atoms with van der Waals surface area (Å²) in [6.45, 7) is 6.31. The molecule has 1 saturated heterocycles. The van der Waals surface area contributed by atoms with Gasteiger partial charge >= 0.3 is 0 Å². The SMILES string of the molecule is CNN1CCN(CCN)CC1. The van der Waals surface area contributed by atoms with Crippen LogP contribution in [0.15, 0.2) is 0 Å². The fourth-order valence-electron chi connectivity index (χ4n) is 1.38. The van der Waals surface area contributed by atoms with Gasteiger partial charge in [-0.2, -0.15) is 0 Å². The standard InChI is InChI=1S/C7H18N4/c1-9-11-6-4-10(3-2-8)5-7-11/h9H,2-8H2,1H3. The van der Waals surface area contributed by atoms with Crippen molar-refractivity contribution in [2.75, 3.05) is 46.3 Å².